The third-order valence-corrected chi connectivity index (χ3v) is 6.36. The van der Waals surface area contributed by atoms with Crippen molar-refractivity contribution < 1.29 is 69.5 Å². The third kappa shape index (κ3) is 29.5. The minimum Gasteiger partial charge on any atom is -0.748 e. The Morgan fingerprint density at radius 3 is 1.28 bits per heavy atom. The maximum Gasteiger partial charge on any atom is 1.00 e. The maximum atomic E-state index is 10.5. The molecule has 0 bridgehead atoms. The summed E-state index contributed by atoms with van der Waals surface area (Å²) < 4.78 is 31.4. The van der Waals surface area contributed by atoms with Crippen LogP contribution in [0.15, 0.2) is 0 Å². The largest absolute Gasteiger partial charge is 1.00 e. The van der Waals surface area contributed by atoms with Gasteiger partial charge in [0.05, 0.1) is 16.2 Å². The molecule has 1 N–H and O–H groups in total. The molecule has 0 heterocycles. The van der Waals surface area contributed by atoms with E-state index in [2.05, 4.69) is 6.92 Å². The van der Waals surface area contributed by atoms with Crippen molar-refractivity contribution in [1.82, 2.24) is 0 Å². The molecule has 0 aromatic rings. The van der Waals surface area contributed by atoms with Crippen molar-refractivity contribution >= 4 is 10.1 Å². The average Bonchev–Trinajstić information content (AvgIpc) is 2.64. The van der Waals surface area contributed by atoms with E-state index >= 15 is 0 Å². The summed E-state index contributed by atoms with van der Waals surface area (Å²) in [6, 6.07) is 0. The normalized spacial score (nSPS) is 12.7. The van der Waals surface area contributed by atoms with Crippen LogP contribution >= 0.6 is 0 Å². The van der Waals surface area contributed by atoms with E-state index in [-0.39, 0.29) is 63.2 Å². The molecule has 0 rings (SSSR count). The predicted molar refractivity (Wildman–Crippen MR) is 119 cm³/mol. The molecule has 1 atom stereocenters. The van der Waals surface area contributed by atoms with Crippen LogP contribution in [0, 0.1) is 0 Å². The molecule has 0 radical (unpaired) electrons. The molecule has 0 aliphatic carbocycles. The first-order valence-corrected chi connectivity index (χ1v) is 13.6. The second-order valence-electron chi connectivity index (χ2n) is 8.50. The smallest absolute Gasteiger partial charge is 0.748 e. The summed E-state index contributed by atoms with van der Waals surface area (Å²) in [5.74, 6) is -0.210. The molecule has 170 valence electrons. The van der Waals surface area contributed by atoms with Crippen molar-refractivity contribution in [1.29, 1.82) is 0 Å². The van der Waals surface area contributed by atoms with Crippen molar-refractivity contribution in [3.8, 4) is 0 Å². The van der Waals surface area contributed by atoms with Crippen LogP contribution in [0.5, 0.6) is 0 Å². The van der Waals surface area contributed by atoms with Gasteiger partial charge < -0.3 is 9.66 Å². The van der Waals surface area contributed by atoms with E-state index in [4.69, 9.17) is 0 Å². The van der Waals surface area contributed by atoms with Gasteiger partial charge in [-0.1, -0.05) is 116 Å². The van der Waals surface area contributed by atoms with Crippen LogP contribution in [-0.2, 0) is 10.1 Å². The number of rotatable bonds is 22. The van der Waals surface area contributed by atoms with Crippen molar-refractivity contribution in [2.45, 2.75) is 141 Å². The zero-order chi connectivity index (χ0) is 20.9. The Morgan fingerprint density at radius 1 is 0.621 bits per heavy atom. The fraction of sp³-hybridized carbons (Fsp3) is 1.00. The van der Waals surface area contributed by atoms with E-state index in [1.807, 2.05) is 0 Å². The van der Waals surface area contributed by atoms with Gasteiger partial charge in [0.25, 0.3) is 0 Å². The Labute approximate surface area is 224 Å². The second-order valence-corrected chi connectivity index (χ2v) is 10.0. The molecule has 1 unspecified atom stereocenters. The summed E-state index contributed by atoms with van der Waals surface area (Å²) in [7, 11) is -4.02. The fourth-order valence-corrected chi connectivity index (χ4v) is 4.29. The molecule has 0 aliphatic rings. The van der Waals surface area contributed by atoms with Gasteiger partial charge in [-0.25, -0.2) is 8.42 Å². The average molecular weight is 459 g/mol. The number of hydrogen-bond acceptors (Lipinski definition) is 4. The minimum absolute atomic E-state index is 0. The van der Waals surface area contributed by atoms with Crippen molar-refractivity contribution in [2.75, 3.05) is 5.75 Å². The van der Waals surface area contributed by atoms with Crippen LogP contribution in [0.4, 0.5) is 0 Å². The number of aliphatic hydroxyl groups excluding tert-OH is 1. The number of aliphatic hydroxyl groups is 1. The quantitative estimate of drug-likeness (QED) is 0.152. The zero-order valence-corrected chi connectivity index (χ0v) is 23.4. The summed E-state index contributed by atoms with van der Waals surface area (Å²) in [4.78, 5) is 0. The van der Waals surface area contributed by atoms with Gasteiger partial charge in [-0.05, 0) is 19.3 Å². The Kier molecular flexibility index (Phi) is 27.2. The van der Waals surface area contributed by atoms with Crippen LogP contribution in [0.3, 0.4) is 0 Å². The molecule has 0 saturated heterocycles. The van der Waals surface area contributed by atoms with E-state index in [9.17, 15) is 18.1 Å². The summed E-state index contributed by atoms with van der Waals surface area (Å²) in [6.45, 7) is 2.25. The first kappa shape index (κ1) is 32.7. The molecular formula is C23H47KO4S. The van der Waals surface area contributed by atoms with E-state index in [0.717, 1.165) is 38.5 Å². The molecule has 6 heteroatoms. The Hall–Kier alpha value is 1.51. The van der Waals surface area contributed by atoms with E-state index in [1.165, 1.54) is 83.5 Å². The van der Waals surface area contributed by atoms with E-state index < -0.39 is 10.1 Å². The topological polar surface area (TPSA) is 77.4 Å². The van der Waals surface area contributed by atoms with Crippen LogP contribution in [0.2, 0.25) is 0 Å². The van der Waals surface area contributed by atoms with Crippen LogP contribution < -0.4 is 51.4 Å². The molecule has 0 amide bonds. The van der Waals surface area contributed by atoms with Gasteiger partial charge in [-0.3, -0.25) is 0 Å². The van der Waals surface area contributed by atoms with Crippen LogP contribution in [0.1, 0.15) is 135 Å². The van der Waals surface area contributed by atoms with Crippen molar-refractivity contribution in [2.24, 2.45) is 0 Å². The first-order chi connectivity index (χ1) is 13.5. The van der Waals surface area contributed by atoms with Gasteiger partial charge in [-0.2, -0.15) is 0 Å². The molecule has 0 saturated carbocycles. The molecule has 29 heavy (non-hydrogen) atoms. The SMILES string of the molecule is CCCCCCCCCCC(O)CCCCCCCCCCCCS(=O)(=O)[O-].[K+]. The predicted octanol–water partition coefficient (Wildman–Crippen LogP) is 3.72. The Balaban J connectivity index is 0. The molecule has 0 fully saturated rings. The number of hydrogen-bond donors (Lipinski definition) is 1. The van der Waals surface area contributed by atoms with Crippen LogP contribution in [-0.4, -0.2) is 29.9 Å². The van der Waals surface area contributed by atoms with Crippen LogP contribution in [0.25, 0.3) is 0 Å². The van der Waals surface area contributed by atoms with Gasteiger partial charge in [0.2, 0.25) is 0 Å². The Bertz CT molecular complexity index is 415. The van der Waals surface area contributed by atoms with Gasteiger partial charge in [0.15, 0.2) is 0 Å². The van der Waals surface area contributed by atoms with Crippen molar-refractivity contribution in [3.63, 3.8) is 0 Å². The van der Waals surface area contributed by atoms with E-state index in [0.29, 0.717) is 6.42 Å². The molecule has 0 aliphatic heterocycles. The monoisotopic (exact) mass is 458 g/mol. The fourth-order valence-electron chi connectivity index (χ4n) is 3.73. The second kappa shape index (κ2) is 24.2. The summed E-state index contributed by atoms with van der Waals surface area (Å²) in [5.41, 5.74) is 0. The Morgan fingerprint density at radius 2 is 0.931 bits per heavy atom. The first-order valence-electron chi connectivity index (χ1n) is 12.1. The maximum absolute atomic E-state index is 10.5. The number of unbranched alkanes of at least 4 members (excludes halogenated alkanes) is 16. The van der Waals surface area contributed by atoms with Gasteiger partial charge in [0, 0.05) is 5.75 Å². The van der Waals surface area contributed by atoms with Crippen molar-refractivity contribution in [3.05, 3.63) is 0 Å². The molecule has 4 nitrogen and oxygen atoms in total. The molecule has 0 aromatic heterocycles. The molecular weight excluding hydrogens is 411 g/mol. The summed E-state index contributed by atoms with van der Waals surface area (Å²) in [6.07, 6.45) is 23.2. The third-order valence-electron chi connectivity index (χ3n) is 5.57. The molecule has 0 spiro atoms. The summed E-state index contributed by atoms with van der Waals surface area (Å²) in [5, 5.41) is 10.1. The van der Waals surface area contributed by atoms with Gasteiger partial charge in [0.1, 0.15) is 0 Å². The van der Waals surface area contributed by atoms with Gasteiger partial charge >= 0.3 is 51.4 Å². The molecule has 0 aromatic carbocycles. The summed E-state index contributed by atoms with van der Waals surface area (Å²) >= 11 is 0. The zero-order valence-electron chi connectivity index (χ0n) is 19.5. The van der Waals surface area contributed by atoms with Gasteiger partial charge in [-0.15, -0.1) is 0 Å². The minimum atomic E-state index is -4.02. The van der Waals surface area contributed by atoms with E-state index in [1.54, 1.807) is 0 Å². The standard InChI is InChI=1S/C23H48O4S.K/c1-2-3-4-5-6-11-14-17-20-23(24)21-18-15-12-9-7-8-10-13-16-19-22-28(25,26)27;/h23-24H,2-22H2,1H3,(H,25,26,27);/q;+1/p-1.